The number of hydrogen-bond acceptors (Lipinski definition) is 2. The lowest BCUT2D eigenvalue weighted by atomic mass is 10.0. The molecule has 0 fully saturated rings. The van der Waals surface area contributed by atoms with Crippen LogP contribution in [-0.4, -0.2) is 11.7 Å². The number of aliphatic hydroxyl groups is 1. The zero-order valence-electron chi connectivity index (χ0n) is 18.7. The van der Waals surface area contributed by atoms with E-state index >= 15 is 0 Å². The zero-order valence-corrected chi connectivity index (χ0v) is 18.7. The summed E-state index contributed by atoms with van der Waals surface area (Å²) >= 11 is 0. The summed E-state index contributed by atoms with van der Waals surface area (Å²) in [5, 5.41) is 12.5. The molecule has 0 aliphatic carbocycles. The second kappa shape index (κ2) is 19.3. The van der Waals surface area contributed by atoms with Crippen LogP contribution in [0.1, 0.15) is 122 Å². The van der Waals surface area contributed by atoms with Gasteiger partial charge in [-0.1, -0.05) is 122 Å². The summed E-state index contributed by atoms with van der Waals surface area (Å²) in [5.41, 5.74) is 2.14. The molecule has 0 bridgehead atoms. The van der Waals surface area contributed by atoms with Crippen molar-refractivity contribution in [2.45, 2.75) is 123 Å². The minimum absolute atomic E-state index is 0.124. The van der Waals surface area contributed by atoms with E-state index in [1.807, 2.05) is 12.1 Å². The van der Waals surface area contributed by atoms with Crippen molar-refractivity contribution in [1.82, 2.24) is 0 Å². The van der Waals surface area contributed by atoms with Crippen molar-refractivity contribution in [3.63, 3.8) is 0 Å². The second-order valence-corrected chi connectivity index (χ2v) is 8.44. The molecule has 0 amide bonds. The quantitative estimate of drug-likeness (QED) is 0.220. The molecule has 0 saturated carbocycles. The molecule has 1 aromatic rings. The molecule has 0 aliphatic rings. The maximum absolute atomic E-state index is 9.05. The Morgan fingerprint density at radius 1 is 0.571 bits per heavy atom. The van der Waals surface area contributed by atoms with Crippen LogP contribution in [0, 0.1) is 0 Å². The monoisotopic (exact) mass is 389 g/mol. The maximum Gasteiger partial charge on any atom is 0.0681 e. The highest BCUT2D eigenvalue weighted by Gasteiger charge is 1.96. The molecule has 0 spiro atoms. The minimum atomic E-state index is 0.124. The second-order valence-electron chi connectivity index (χ2n) is 8.44. The van der Waals surface area contributed by atoms with Crippen molar-refractivity contribution in [2.75, 3.05) is 11.9 Å². The topological polar surface area (TPSA) is 32.3 Å². The number of hydrogen-bond donors (Lipinski definition) is 2. The third-order valence-corrected chi connectivity index (χ3v) is 5.75. The molecule has 28 heavy (non-hydrogen) atoms. The summed E-state index contributed by atoms with van der Waals surface area (Å²) in [6, 6.07) is 8.08. The van der Waals surface area contributed by atoms with Crippen molar-refractivity contribution < 1.29 is 5.11 Å². The molecule has 0 atom stereocenters. The standard InChI is InChI=1S/C26H47NO/c1-2-3-4-5-6-7-8-9-10-11-12-13-14-15-16-17-18-23-27-26-21-19-25(24-28)20-22-26/h19-22,27-28H,2-18,23-24H2,1H3. The van der Waals surface area contributed by atoms with E-state index in [0.29, 0.717) is 0 Å². The van der Waals surface area contributed by atoms with Gasteiger partial charge < -0.3 is 10.4 Å². The highest BCUT2D eigenvalue weighted by Crippen LogP contribution is 2.14. The van der Waals surface area contributed by atoms with Gasteiger partial charge in [0.25, 0.3) is 0 Å². The van der Waals surface area contributed by atoms with E-state index in [-0.39, 0.29) is 6.61 Å². The van der Waals surface area contributed by atoms with Gasteiger partial charge in [-0.05, 0) is 24.1 Å². The molecule has 0 aliphatic heterocycles. The van der Waals surface area contributed by atoms with Gasteiger partial charge in [-0.3, -0.25) is 0 Å². The SMILES string of the molecule is CCCCCCCCCCCCCCCCCCCNc1ccc(CO)cc1. The number of unbranched alkanes of at least 4 members (excludes halogenated alkanes) is 16. The first-order valence-corrected chi connectivity index (χ1v) is 12.3. The van der Waals surface area contributed by atoms with Gasteiger partial charge in [0.05, 0.1) is 6.61 Å². The largest absolute Gasteiger partial charge is 0.392 e. The molecule has 1 rings (SSSR count). The summed E-state index contributed by atoms with van der Waals surface area (Å²) in [7, 11) is 0. The molecule has 0 saturated heterocycles. The van der Waals surface area contributed by atoms with Gasteiger partial charge in [0, 0.05) is 12.2 Å². The third kappa shape index (κ3) is 15.0. The lowest BCUT2D eigenvalue weighted by Gasteiger charge is -2.07. The fourth-order valence-corrected chi connectivity index (χ4v) is 3.81. The first-order valence-electron chi connectivity index (χ1n) is 12.3. The van der Waals surface area contributed by atoms with Crippen molar-refractivity contribution in [1.29, 1.82) is 0 Å². The van der Waals surface area contributed by atoms with Crippen molar-refractivity contribution >= 4 is 5.69 Å². The third-order valence-electron chi connectivity index (χ3n) is 5.75. The number of nitrogens with one attached hydrogen (secondary N) is 1. The number of anilines is 1. The Hall–Kier alpha value is -1.02. The van der Waals surface area contributed by atoms with Crippen LogP contribution in [0.5, 0.6) is 0 Å². The van der Waals surface area contributed by atoms with Gasteiger partial charge in [0.2, 0.25) is 0 Å². The smallest absolute Gasteiger partial charge is 0.0681 e. The average Bonchev–Trinajstić information content (AvgIpc) is 2.73. The highest BCUT2D eigenvalue weighted by molar-refractivity contribution is 5.44. The van der Waals surface area contributed by atoms with E-state index in [0.717, 1.165) is 17.8 Å². The lowest BCUT2D eigenvalue weighted by molar-refractivity contribution is 0.282. The Morgan fingerprint density at radius 3 is 1.36 bits per heavy atom. The van der Waals surface area contributed by atoms with Crippen LogP contribution in [0.3, 0.4) is 0 Å². The Balaban J connectivity index is 1.74. The fourth-order valence-electron chi connectivity index (χ4n) is 3.81. The maximum atomic E-state index is 9.05. The number of aliphatic hydroxyl groups excluding tert-OH is 1. The first-order chi connectivity index (χ1) is 13.9. The molecule has 0 unspecified atom stereocenters. The molecule has 0 heterocycles. The predicted molar refractivity (Wildman–Crippen MR) is 125 cm³/mol. The molecule has 2 nitrogen and oxygen atoms in total. The molecule has 1 aromatic carbocycles. The molecular weight excluding hydrogens is 342 g/mol. The summed E-state index contributed by atoms with van der Waals surface area (Å²) in [5.74, 6) is 0. The molecule has 2 N–H and O–H groups in total. The molecular formula is C26H47NO. The van der Waals surface area contributed by atoms with E-state index in [2.05, 4.69) is 24.4 Å². The van der Waals surface area contributed by atoms with Crippen LogP contribution < -0.4 is 5.32 Å². The van der Waals surface area contributed by atoms with Crippen LogP contribution in [0.25, 0.3) is 0 Å². The van der Waals surface area contributed by atoms with E-state index in [4.69, 9.17) is 5.11 Å². The minimum Gasteiger partial charge on any atom is -0.392 e. The Morgan fingerprint density at radius 2 is 0.964 bits per heavy atom. The van der Waals surface area contributed by atoms with Crippen LogP contribution in [-0.2, 0) is 6.61 Å². The zero-order chi connectivity index (χ0) is 20.1. The van der Waals surface area contributed by atoms with Crippen LogP contribution in [0.15, 0.2) is 24.3 Å². The normalized spacial score (nSPS) is 11.1. The molecule has 0 aromatic heterocycles. The summed E-state index contributed by atoms with van der Waals surface area (Å²) in [4.78, 5) is 0. The summed E-state index contributed by atoms with van der Waals surface area (Å²) in [6.07, 6.45) is 24.1. The van der Waals surface area contributed by atoms with Crippen LogP contribution >= 0.6 is 0 Å². The fraction of sp³-hybridized carbons (Fsp3) is 0.769. The van der Waals surface area contributed by atoms with E-state index in [1.165, 1.54) is 109 Å². The number of benzene rings is 1. The van der Waals surface area contributed by atoms with Gasteiger partial charge >= 0.3 is 0 Å². The van der Waals surface area contributed by atoms with Crippen molar-refractivity contribution in [2.24, 2.45) is 0 Å². The Labute approximate surface area is 175 Å². The Kier molecular flexibility index (Phi) is 17.2. The summed E-state index contributed by atoms with van der Waals surface area (Å²) in [6.45, 7) is 3.47. The average molecular weight is 390 g/mol. The van der Waals surface area contributed by atoms with E-state index in [1.54, 1.807) is 0 Å². The van der Waals surface area contributed by atoms with Crippen LogP contribution in [0.2, 0.25) is 0 Å². The van der Waals surface area contributed by atoms with Crippen molar-refractivity contribution in [3.8, 4) is 0 Å². The van der Waals surface area contributed by atoms with Gasteiger partial charge in [0.1, 0.15) is 0 Å². The van der Waals surface area contributed by atoms with Gasteiger partial charge in [0.15, 0.2) is 0 Å². The number of rotatable bonds is 20. The van der Waals surface area contributed by atoms with Crippen LogP contribution in [0.4, 0.5) is 5.69 Å². The molecule has 2 heteroatoms. The van der Waals surface area contributed by atoms with Gasteiger partial charge in [-0.25, -0.2) is 0 Å². The summed E-state index contributed by atoms with van der Waals surface area (Å²) < 4.78 is 0. The van der Waals surface area contributed by atoms with Crippen molar-refractivity contribution in [3.05, 3.63) is 29.8 Å². The van der Waals surface area contributed by atoms with Gasteiger partial charge in [-0.15, -0.1) is 0 Å². The van der Waals surface area contributed by atoms with E-state index < -0.39 is 0 Å². The first kappa shape index (κ1) is 25.0. The molecule has 162 valence electrons. The molecule has 0 radical (unpaired) electrons. The van der Waals surface area contributed by atoms with E-state index in [9.17, 15) is 0 Å². The Bertz CT molecular complexity index is 429. The lowest BCUT2D eigenvalue weighted by Crippen LogP contribution is -2.01. The van der Waals surface area contributed by atoms with Gasteiger partial charge in [-0.2, -0.15) is 0 Å². The predicted octanol–water partition coefficient (Wildman–Crippen LogP) is 8.24. The highest BCUT2D eigenvalue weighted by atomic mass is 16.3.